The minimum atomic E-state index is -4.17. The largest absolute Gasteiger partial charge is 0.370 e. The molecule has 0 aromatic heterocycles. The first kappa shape index (κ1) is 22.4. The first-order valence-corrected chi connectivity index (χ1v) is 10.3. The molecule has 1 atom stereocenters. The van der Waals surface area contributed by atoms with E-state index in [1.807, 2.05) is 6.07 Å². The Labute approximate surface area is 173 Å². The van der Waals surface area contributed by atoms with Crippen LogP contribution in [0.2, 0.25) is 5.02 Å². The fourth-order valence-corrected chi connectivity index (χ4v) is 4.42. The highest BCUT2D eigenvalue weighted by atomic mass is 35.5. The summed E-state index contributed by atoms with van der Waals surface area (Å²) in [5.74, 6) is -1.59. The number of nitriles is 1. The van der Waals surface area contributed by atoms with Crippen LogP contribution in [0.3, 0.4) is 0 Å². The summed E-state index contributed by atoms with van der Waals surface area (Å²) in [6.45, 7) is -0.191. The molecule has 2 aromatic carbocycles. The maximum absolute atomic E-state index is 13.3. The number of hydrogen-bond donors (Lipinski definition) is 2. The predicted octanol–water partition coefficient (Wildman–Crippen LogP) is 1.52. The third-order valence-electron chi connectivity index (χ3n) is 4.18. The molecule has 1 unspecified atom stereocenters. The summed E-state index contributed by atoms with van der Waals surface area (Å²) in [5, 5.41) is 9.27. The number of carbonyl (C=O) groups is 2. The molecule has 10 heteroatoms. The van der Waals surface area contributed by atoms with E-state index in [4.69, 9.17) is 28.3 Å². The number of nitrogens with two attached hydrogens (primary N) is 2. The fraction of sp³-hybridized carbons (Fsp3) is 0.211. The van der Waals surface area contributed by atoms with E-state index in [1.54, 1.807) is 12.1 Å². The molecule has 29 heavy (non-hydrogen) atoms. The second-order valence-electron chi connectivity index (χ2n) is 6.24. The van der Waals surface area contributed by atoms with Crippen molar-refractivity contribution in [3.8, 4) is 6.07 Å². The summed E-state index contributed by atoms with van der Waals surface area (Å²) in [5.41, 5.74) is 11.6. The zero-order valence-corrected chi connectivity index (χ0v) is 16.9. The molecule has 152 valence electrons. The Hall–Kier alpha value is -2.93. The summed E-state index contributed by atoms with van der Waals surface area (Å²) in [4.78, 5) is 23.2. The van der Waals surface area contributed by atoms with Gasteiger partial charge < -0.3 is 11.5 Å². The van der Waals surface area contributed by atoms with Crippen molar-refractivity contribution in [2.75, 3.05) is 0 Å². The molecule has 0 saturated carbocycles. The van der Waals surface area contributed by atoms with Crippen LogP contribution in [0, 0.1) is 11.3 Å². The van der Waals surface area contributed by atoms with Crippen LogP contribution in [0.25, 0.3) is 0 Å². The molecular weight excluding hydrogens is 416 g/mol. The Morgan fingerprint density at radius 1 is 1.07 bits per heavy atom. The maximum atomic E-state index is 13.3. The van der Waals surface area contributed by atoms with Gasteiger partial charge in [-0.25, -0.2) is 8.42 Å². The number of carbonyl (C=O) groups excluding carboxylic acids is 2. The molecule has 2 amide bonds. The molecule has 0 saturated heterocycles. The standard InChI is InChI=1S/C19H19ClN4O4S/c20-15-5-7-16(8-6-15)29(27,28)24(17(19(23)26)9-10-18(22)25)12-14-3-1-13(11-21)2-4-14/h1-8,17H,9-10,12H2,(H2,22,25)(H2,23,26). The summed E-state index contributed by atoms with van der Waals surface area (Å²) >= 11 is 5.84. The van der Waals surface area contributed by atoms with Crippen LogP contribution in [0.5, 0.6) is 0 Å². The predicted molar refractivity (Wildman–Crippen MR) is 107 cm³/mol. The van der Waals surface area contributed by atoms with E-state index in [0.717, 1.165) is 4.31 Å². The smallest absolute Gasteiger partial charge is 0.244 e. The average Bonchev–Trinajstić information content (AvgIpc) is 2.67. The van der Waals surface area contributed by atoms with Gasteiger partial charge in [0.1, 0.15) is 6.04 Å². The van der Waals surface area contributed by atoms with Crippen LogP contribution in [-0.2, 0) is 26.2 Å². The number of benzene rings is 2. The van der Waals surface area contributed by atoms with E-state index in [9.17, 15) is 18.0 Å². The molecule has 2 aromatic rings. The Bertz CT molecular complexity index is 1030. The molecule has 0 radical (unpaired) electrons. The fourth-order valence-electron chi connectivity index (χ4n) is 2.68. The zero-order valence-electron chi connectivity index (χ0n) is 15.3. The van der Waals surface area contributed by atoms with Crippen molar-refractivity contribution in [1.82, 2.24) is 4.31 Å². The van der Waals surface area contributed by atoms with E-state index >= 15 is 0 Å². The summed E-state index contributed by atoms with van der Waals surface area (Å²) in [6.07, 6.45) is -0.374. The molecule has 2 rings (SSSR count). The molecule has 0 bridgehead atoms. The maximum Gasteiger partial charge on any atom is 0.244 e. The Morgan fingerprint density at radius 3 is 2.14 bits per heavy atom. The molecule has 0 aliphatic rings. The number of sulfonamides is 1. The van der Waals surface area contributed by atoms with E-state index in [0.29, 0.717) is 16.1 Å². The normalized spacial score (nSPS) is 12.3. The van der Waals surface area contributed by atoms with E-state index < -0.39 is 27.9 Å². The van der Waals surface area contributed by atoms with Gasteiger partial charge in [-0.1, -0.05) is 23.7 Å². The molecule has 0 aliphatic carbocycles. The van der Waals surface area contributed by atoms with Crippen LogP contribution in [0.15, 0.2) is 53.4 Å². The van der Waals surface area contributed by atoms with Crippen LogP contribution in [0.1, 0.15) is 24.0 Å². The quantitative estimate of drug-likeness (QED) is 0.613. The minimum Gasteiger partial charge on any atom is -0.370 e. The van der Waals surface area contributed by atoms with Crippen LogP contribution in [-0.4, -0.2) is 30.6 Å². The van der Waals surface area contributed by atoms with Crippen LogP contribution in [0.4, 0.5) is 0 Å². The summed E-state index contributed by atoms with van der Waals surface area (Å²) in [6, 6.07) is 12.4. The molecule has 0 aliphatic heterocycles. The molecule has 0 heterocycles. The molecular formula is C19H19ClN4O4S. The first-order chi connectivity index (χ1) is 13.6. The topological polar surface area (TPSA) is 147 Å². The van der Waals surface area contributed by atoms with Gasteiger partial charge in [0.2, 0.25) is 21.8 Å². The number of halogens is 1. The SMILES string of the molecule is N#Cc1ccc(CN(C(CCC(N)=O)C(N)=O)S(=O)(=O)c2ccc(Cl)cc2)cc1. The van der Waals surface area contributed by atoms with Crippen LogP contribution < -0.4 is 11.5 Å². The second-order valence-corrected chi connectivity index (χ2v) is 8.56. The van der Waals surface area contributed by atoms with Crippen molar-refractivity contribution in [1.29, 1.82) is 5.26 Å². The van der Waals surface area contributed by atoms with Gasteiger partial charge in [-0.05, 0) is 48.4 Å². The molecule has 4 N–H and O–H groups in total. The number of hydrogen-bond acceptors (Lipinski definition) is 5. The van der Waals surface area contributed by atoms with Crippen molar-refractivity contribution in [3.63, 3.8) is 0 Å². The van der Waals surface area contributed by atoms with Gasteiger partial charge in [-0.15, -0.1) is 0 Å². The van der Waals surface area contributed by atoms with Crippen molar-refractivity contribution >= 4 is 33.4 Å². The lowest BCUT2D eigenvalue weighted by molar-refractivity contribution is -0.122. The van der Waals surface area contributed by atoms with Crippen molar-refractivity contribution in [2.45, 2.75) is 30.3 Å². The van der Waals surface area contributed by atoms with Crippen molar-refractivity contribution < 1.29 is 18.0 Å². The van der Waals surface area contributed by atoms with Gasteiger partial charge in [0, 0.05) is 18.0 Å². The third kappa shape index (κ3) is 5.77. The van der Waals surface area contributed by atoms with E-state index in [-0.39, 0.29) is 24.3 Å². The highest BCUT2D eigenvalue weighted by molar-refractivity contribution is 7.89. The highest BCUT2D eigenvalue weighted by Crippen LogP contribution is 2.24. The number of nitrogens with zero attached hydrogens (tertiary/aromatic N) is 2. The molecule has 8 nitrogen and oxygen atoms in total. The number of rotatable bonds is 9. The van der Waals surface area contributed by atoms with Crippen molar-refractivity contribution in [2.24, 2.45) is 11.5 Å². The monoisotopic (exact) mass is 434 g/mol. The number of amides is 2. The second kappa shape index (κ2) is 9.52. The molecule has 0 fully saturated rings. The van der Waals surface area contributed by atoms with Gasteiger partial charge >= 0.3 is 0 Å². The Balaban J connectivity index is 2.49. The van der Waals surface area contributed by atoms with Crippen LogP contribution >= 0.6 is 11.6 Å². The zero-order chi connectivity index (χ0) is 21.6. The highest BCUT2D eigenvalue weighted by Gasteiger charge is 2.35. The summed E-state index contributed by atoms with van der Waals surface area (Å²) in [7, 11) is -4.17. The van der Waals surface area contributed by atoms with Crippen molar-refractivity contribution in [3.05, 3.63) is 64.7 Å². The lowest BCUT2D eigenvalue weighted by Gasteiger charge is -2.29. The van der Waals surface area contributed by atoms with Gasteiger partial charge in [-0.2, -0.15) is 9.57 Å². The Morgan fingerprint density at radius 2 is 1.66 bits per heavy atom. The molecule has 0 spiro atoms. The summed E-state index contributed by atoms with van der Waals surface area (Å²) < 4.78 is 27.5. The minimum absolute atomic E-state index is 0.0825. The first-order valence-electron chi connectivity index (χ1n) is 8.49. The van der Waals surface area contributed by atoms with E-state index in [1.165, 1.54) is 36.4 Å². The Kier molecular flexibility index (Phi) is 7.34. The lowest BCUT2D eigenvalue weighted by Crippen LogP contribution is -2.47. The van der Waals surface area contributed by atoms with Gasteiger partial charge in [-0.3, -0.25) is 9.59 Å². The lowest BCUT2D eigenvalue weighted by atomic mass is 10.1. The number of primary amides is 2. The average molecular weight is 435 g/mol. The van der Waals surface area contributed by atoms with Gasteiger partial charge in [0.15, 0.2) is 0 Å². The van der Waals surface area contributed by atoms with E-state index in [2.05, 4.69) is 0 Å². The van der Waals surface area contributed by atoms with Gasteiger partial charge in [0.25, 0.3) is 0 Å². The third-order valence-corrected chi connectivity index (χ3v) is 6.30. The van der Waals surface area contributed by atoms with Gasteiger partial charge in [0.05, 0.1) is 16.5 Å².